The van der Waals surface area contributed by atoms with Crippen LogP contribution in [0.3, 0.4) is 0 Å². The molecule has 180 valence electrons. The van der Waals surface area contributed by atoms with Crippen LogP contribution >= 0.6 is 34.8 Å². The minimum Gasteiger partial charge on any atom is -0.319 e. The van der Waals surface area contributed by atoms with Crippen LogP contribution in [0.2, 0.25) is 15.1 Å². The second-order valence-corrected chi connectivity index (χ2v) is 8.52. The van der Waals surface area contributed by atoms with Crippen molar-refractivity contribution < 1.29 is 27.1 Å². The summed E-state index contributed by atoms with van der Waals surface area (Å²) in [7, 11) is 1.13. The minimum absolute atomic E-state index is 0.0214. The Morgan fingerprint density at radius 1 is 0.943 bits per heavy atom. The molecule has 3 rings (SSSR count). The maximum absolute atomic E-state index is 15.7. The first kappa shape index (κ1) is 26.4. The van der Waals surface area contributed by atoms with Crippen LogP contribution in [0.25, 0.3) is 0 Å². The topological polar surface area (TPSA) is 73.0 Å². The summed E-state index contributed by atoms with van der Waals surface area (Å²) in [6.45, 7) is 0. The molecule has 0 spiro atoms. The molecule has 3 aromatic carbocycles. The monoisotopic (exact) mass is 544 g/mol. The quantitative estimate of drug-likeness (QED) is 0.265. The van der Waals surface area contributed by atoms with Crippen molar-refractivity contribution in [3.8, 4) is 6.07 Å². The van der Waals surface area contributed by atoms with Crippen LogP contribution in [0.5, 0.6) is 0 Å². The highest BCUT2D eigenvalue weighted by molar-refractivity contribution is 6.40. The van der Waals surface area contributed by atoms with Crippen molar-refractivity contribution >= 4 is 52.1 Å². The lowest BCUT2D eigenvalue weighted by atomic mass is 9.87. The lowest BCUT2D eigenvalue weighted by Crippen LogP contribution is -2.39. The third kappa shape index (κ3) is 5.10. The van der Waals surface area contributed by atoms with E-state index in [0.29, 0.717) is 16.9 Å². The standard InChI is InChI=1S/C23H12Cl3F4N3O2/c1-33(35)19-8-12(2-3-13(19)11-31)21(34)32-20-17(25)9-15(10-18(20)26)22(27,23(28,29)30)14-4-6-16(24)7-5-14/h2-10H,1H3/p+1. The number of nitrogens with zero attached hydrogens (tertiary/aromatic N) is 2. The Hall–Kier alpha value is -3.19. The first-order chi connectivity index (χ1) is 16.3. The number of nitrogens with one attached hydrogen (secondary N) is 1. The van der Waals surface area contributed by atoms with E-state index in [1.54, 1.807) is 0 Å². The van der Waals surface area contributed by atoms with Crippen molar-refractivity contribution in [3.63, 3.8) is 0 Å². The number of rotatable bonds is 5. The van der Waals surface area contributed by atoms with Crippen molar-refractivity contribution in [1.29, 1.82) is 5.26 Å². The van der Waals surface area contributed by atoms with Crippen LogP contribution in [-0.2, 0) is 5.67 Å². The highest BCUT2D eigenvalue weighted by Crippen LogP contribution is 2.50. The van der Waals surface area contributed by atoms with Crippen LogP contribution in [0.1, 0.15) is 27.0 Å². The van der Waals surface area contributed by atoms with Crippen molar-refractivity contribution in [3.05, 3.63) is 96.8 Å². The van der Waals surface area contributed by atoms with Crippen LogP contribution in [0, 0.1) is 16.2 Å². The van der Waals surface area contributed by atoms with Crippen LogP contribution in [-0.4, -0.2) is 23.9 Å². The zero-order chi connectivity index (χ0) is 26.1. The van der Waals surface area contributed by atoms with Gasteiger partial charge >= 0.3 is 6.18 Å². The molecule has 5 nitrogen and oxygen atoms in total. The number of alkyl halides is 4. The molecular formula is C23H13Cl3F4N3O2+. The fourth-order valence-corrected chi connectivity index (χ4v) is 3.99. The second-order valence-electron chi connectivity index (χ2n) is 7.27. The van der Waals surface area contributed by atoms with E-state index in [9.17, 15) is 22.9 Å². The van der Waals surface area contributed by atoms with Crippen LogP contribution < -0.4 is 5.32 Å². The number of carbonyl (C=O) groups excluding carboxylic acids is 1. The average molecular weight is 546 g/mol. The predicted octanol–water partition coefficient (Wildman–Crippen LogP) is 7.59. The van der Waals surface area contributed by atoms with E-state index in [2.05, 4.69) is 5.32 Å². The Balaban J connectivity index is 2.03. The number of nitriles is 1. The van der Waals surface area contributed by atoms with E-state index in [1.807, 2.05) is 6.07 Å². The molecule has 12 heteroatoms. The Kier molecular flexibility index (Phi) is 7.41. The maximum Gasteiger partial charge on any atom is 0.431 e. The molecule has 0 saturated heterocycles. The molecule has 3 aromatic rings. The summed E-state index contributed by atoms with van der Waals surface area (Å²) in [5.74, 6) is -0.825. The van der Waals surface area contributed by atoms with Gasteiger partial charge < -0.3 is 5.32 Å². The number of hydrogen-bond acceptors (Lipinski definition) is 3. The molecular weight excluding hydrogens is 533 g/mol. The number of benzene rings is 3. The van der Waals surface area contributed by atoms with Gasteiger partial charge in [0, 0.05) is 37.4 Å². The van der Waals surface area contributed by atoms with E-state index >= 15 is 4.39 Å². The van der Waals surface area contributed by atoms with E-state index in [1.165, 1.54) is 12.1 Å². The molecule has 0 aliphatic rings. The maximum atomic E-state index is 15.7. The van der Waals surface area contributed by atoms with Crippen molar-refractivity contribution in [2.45, 2.75) is 11.8 Å². The van der Waals surface area contributed by atoms with Gasteiger partial charge in [-0.1, -0.05) is 46.9 Å². The van der Waals surface area contributed by atoms with E-state index < -0.39 is 38.9 Å². The average Bonchev–Trinajstić information content (AvgIpc) is 2.79. The molecule has 0 aliphatic heterocycles. The van der Waals surface area contributed by atoms with Crippen molar-refractivity contribution in [2.75, 3.05) is 12.4 Å². The normalized spacial score (nSPS) is 13.0. The van der Waals surface area contributed by atoms with Crippen LogP contribution in [0.4, 0.5) is 28.9 Å². The molecule has 1 unspecified atom stereocenters. The van der Waals surface area contributed by atoms with Gasteiger partial charge in [-0.15, -0.1) is 0 Å². The van der Waals surface area contributed by atoms with E-state index in [0.717, 1.165) is 37.4 Å². The van der Waals surface area contributed by atoms with Gasteiger partial charge in [0.05, 0.1) is 15.7 Å². The number of amides is 1. The SMILES string of the molecule is C[N+](=O)c1cc(C(=O)Nc2c(Cl)cc(C(F)(c3ccc(Cl)cc3)C(F)(F)F)cc2Cl)ccc1C#N. The molecule has 0 heterocycles. The number of anilines is 1. The smallest absolute Gasteiger partial charge is 0.319 e. The molecule has 1 amide bonds. The van der Waals surface area contributed by atoms with Gasteiger partial charge in [0.25, 0.3) is 17.3 Å². The third-order valence-corrected chi connectivity index (χ3v) is 5.88. The summed E-state index contributed by atoms with van der Waals surface area (Å²) in [5.41, 5.74) is -6.03. The molecule has 1 N–H and O–H groups in total. The number of carbonyl (C=O) groups is 1. The molecule has 0 aliphatic carbocycles. The fraction of sp³-hybridized carbons (Fsp3) is 0.130. The highest BCUT2D eigenvalue weighted by Gasteiger charge is 2.58. The van der Waals surface area contributed by atoms with Gasteiger partial charge in [-0.3, -0.25) is 4.79 Å². The Labute approximate surface area is 211 Å². The fourth-order valence-electron chi connectivity index (χ4n) is 3.28. The second kappa shape index (κ2) is 9.82. The molecule has 0 aromatic heterocycles. The summed E-state index contributed by atoms with van der Waals surface area (Å²) in [6.07, 6.45) is -5.39. The number of hydrogen-bond donors (Lipinski definition) is 1. The van der Waals surface area contributed by atoms with Gasteiger partial charge in [0.1, 0.15) is 11.6 Å². The third-order valence-electron chi connectivity index (χ3n) is 5.03. The van der Waals surface area contributed by atoms with E-state index in [4.69, 9.17) is 40.1 Å². The minimum atomic E-state index is -5.39. The van der Waals surface area contributed by atoms with Crippen molar-refractivity contribution in [2.24, 2.45) is 0 Å². The molecule has 0 radical (unpaired) electrons. The first-order valence-electron chi connectivity index (χ1n) is 9.57. The summed E-state index contributed by atoms with van der Waals surface area (Å²) in [6, 6.07) is 10.9. The summed E-state index contributed by atoms with van der Waals surface area (Å²) in [5, 5.41) is 10.6. The summed E-state index contributed by atoms with van der Waals surface area (Å²) >= 11 is 17.9. The Morgan fingerprint density at radius 3 is 2.00 bits per heavy atom. The van der Waals surface area contributed by atoms with Crippen LogP contribution in [0.15, 0.2) is 54.6 Å². The zero-order valence-electron chi connectivity index (χ0n) is 17.6. The summed E-state index contributed by atoms with van der Waals surface area (Å²) in [4.78, 5) is 24.4. The first-order valence-corrected chi connectivity index (χ1v) is 10.7. The van der Waals surface area contributed by atoms with Gasteiger partial charge in [-0.2, -0.15) is 18.4 Å². The Bertz CT molecular complexity index is 1350. The molecule has 0 saturated carbocycles. The largest absolute Gasteiger partial charge is 0.431 e. The highest BCUT2D eigenvalue weighted by atomic mass is 35.5. The molecule has 1 atom stereocenters. The number of nitroso groups, excluding NO2 is 1. The van der Waals surface area contributed by atoms with Gasteiger partial charge in [0.15, 0.2) is 7.05 Å². The van der Waals surface area contributed by atoms with Gasteiger partial charge in [0.2, 0.25) is 0 Å². The van der Waals surface area contributed by atoms with Gasteiger partial charge in [-0.25, -0.2) is 4.39 Å². The zero-order valence-corrected chi connectivity index (χ0v) is 19.8. The van der Waals surface area contributed by atoms with Gasteiger partial charge in [-0.05, 0) is 36.4 Å². The molecule has 0 fully saturated rings. The Morgan fingerprint density at radius 2 is 1.51 bits per heavy atom. The lowest BCUT2D eigenvalue weighted by molar-refractivity contribution is -0.428. The molecule has 35 heavy (non-hydrogen) atoms. The lowest BCUT2D eigenvalue weighted by Gasteiger charge is -2.29. The predicted molar refractivity (Wildman–Crippen MR) is 124 cm³/mol. The van der Waals surface area contributed by atoms with Crippen molar-refractivity contribution in [1.82, 2.24) is 0 Å². The number of halogens is 7. The molecule has 0 bridgehead atoms. The van der Waals surface area contributed by atoms with E-state index in [-0.39, 0.29) is 27.5 Å². The summed E-state index contributed by atoms with van der Waals surface area (Å²) < 4.78 is 57.8.